The lowest BCUT2D eigenvalue weighted by Crippen LogP contribution is -2.20. The van der Waals surface area contributed by atoms with E-state index in [1.165, 1.54) is 36.4 Å². The van der Waals surface area contributed by atoms with E-state index < -0.39 is 18.5 Å². The van der Waals surface area contributed by atoms with Crippen molar-refractivity contribution in [3.05, 3.63) is 59.9 Å². The third-order valence-electron chi connectivity index (χ3n) is 3.66. The van der Waals surface area contributed by atoms with Gasteiger partial charge in [-0.25, -0.2) is 9.18 Å². The highest BCUT2D eigenvalue weighted by molar-refractivity contribution is 5.94. The molecule has 0 unspecified atom stereocenters. The molecule has 1 aliphatic rings. The molecule has 0 fully saturated rings. The Bertz CT molecular complexity index is 848. The van der Waals surface area contributed by atoms with Gasteiger partial charge < -0.3 is 19.5 Å². The van der Waals surface area contributed by atoms with Gasteiger partial charge in [0.2, 0.25) is 0 Å². The lowest BCUT2D eigenvalue weighted by atomic mass is 10.2. The fourth-order valence-electron chi connectivity index (χ4n) is 2.36. The minimum Gasteiger partial charge on any atom is -0.490 e. The quantitative estimate of drug-likeness (QED) is 0.645. The van der Waals surface area contributed by atoms with Gasteiger partial charge in [0, 0.05) is 24.3 Å². The molecular formula is C20H18FNO5. The number of hydrogen-bond donors (Lipinski definition) is 1. The second-order valence-corrected chi connectivity index (χ2v) is 5.75. The first kappa shape index (κ1) is 18.4. The molecule has 27 heavy (non-hydrogen) atoms. The smallest absolute Gasteiger partial charge is 0.331 e. The summed E-state index contributed by atoms with van der Waals surface area (Å²) in [6.45, 7) is 0.698. The van der Waals surface area contributed by atoms with Gasteiger partial charge in [-0.15, -0.1) is 0 Å². The van der Waals surface area contributed by atoms with Crippen molar-refractivity contribution < 1.29 is 28.2 Å². The molecule has 6 nitrogen and oxygen atoms in total. The third-order valence-corrected chi connectivity index (χ3v) is 3.66. The molecule has 0 spiro atoms. The van der Waals surface area contributed by atoms with Crippen LogP contribution in [-0.4, -0.2) is 31.7 Å². The molecule has 0 saturated heterocycles. The number of nitrogens with one attached hydrogen (secondary N) is 1. The molecule has 0 aromatic heterocycles. The molecule has 2 aromatic carbocycles. The Morgan fingerprint density at radius 3 is 2.59 bits per heavy atom. The van der Waals surface area contributed by atoms with Gasteiger partial charge in [-0.1, -0.05) is 12.1 Å². The number of carbonyl (C=O) groups is 2. The maximum absolute atomic E-state index is 12.8. The summed E-state index contributed by atoms with van der Waals surface area (Å²) in [6.07, 6.45) is 3.44. The van der Waals surface area contributed by atoms with E-state index in [0.29, 0.717) is 36.0 Å². The molecule has 7 heteroatoms. The molecular weight excluding hydrogens is 353 g/mol. The minimum absolute atomic E-state index is 0.360. The van der Waals surface area contributed by atoms with Crippen LogP contribution in [0.2, 0.25) is 0 Å². The van der Waals surface area contributed by atoms with E-state index in [4.69, 9.17) is 14.2 Å². The summed E-state index contributed by atoms with van der Waals surface area (Å²) in [5, 5.41) is 2.63. The van der Waals surface area contributed by atoms with E-state index >= 15 is 0 Å². The van der Waals surface area contributed by atoms with Gasteiger partial charge in [0.15, 0.2) is 18.1 Å². The molecule has 0 radical (unpaired) electrons. The number of carbonyl (C=O) groups excluding carboxylic acids is 2. The molecule has 1 aliphatic heterocycles. The number of amides is 1. The van der Waals surface area contributed by atoms with E-state index in [0.717, 1.165) is 6.42 Å². The van der Waals surface area contributed by atoms with Crippen molar-refractivity contribution >= 4 is 23.6 Å². The lowest BCUT2D eigenvalue weighted by molar-refractivity contribution is -0.142. The van der Waals surface area contributed by atoms with Crippen LogP contribution in [0.5, 0.6) is 11.5 Å². The van der Waals surface area contributed by atoms with E-state index in [1.807, 2.05) is 0 Å². The predicted octanol–water partition coefficient (Wildman–Crippen LogP) is 3.18. The summed E-state index contributed by atoms with van der Waals surface area (Å²) in [5.41, 5.74) is 1.16. The topological polar surface area (TPSA) is 73.9 Å². The number of halogens is 1. The molecule has 3 rings (SSSR count). The highest BCUT2D eigenvalue weighted by Gasteiger charge is 2.12. The SMILES string of the molecule is O=C(COC(=O)/C=C/c1ccc(F)cc1)Nc1ccc2c(c1)OCCCO2. The van der Waals surface area contributed by atoms with Crippen molar-refractivity contribution in [2.45, 2.75) is 6.42 Å². The molecule has 0 saturated carbocycles. The van der Waals surface area contributed by atoms with Crippen molar-refractivity contribution in [1.29, 1.82) is 0 Å². The normalized spacial score (nSPS) is 13.1. The summed E-state index contributed by atoms with van der Waals surface area (Å²) < 4.78 is 28.8. The molecule has 2 aromatic rings. The van der Waals surface area contributed by atoms with Crippen molar-refractivity contribution in [2.24, 2.45) is 0 Å². The predicted molar refractivity (Wildman–Crippen MR) is 97.1 cm³/mol. The van der Waals surface area contributed by atoms with Gasteiger partial charge in [-0.3, -0.25) is 4.79 Å². The molecule has 1 amide bonds. The van der Waals surface area contributed by atoms with Crippen LogP contribution in [0.25, 0.3) is 6.08 Å². The van der Waals surface area contributed by atoms with E-state index in [1.54, 1.807) is 18.2 Å². The number of ether oxygens (including phenoxy) is 3. The maximum Gasteiger partial charge on any atom is 0.331 e. The third kappa shape index (κ3) is 5.57. The zero-order valence-corrected chi connectivity index (χ0v) is 14.4. The van der Waals surface area contributed by atoms with Crippen LogP contribution in [0.3, 0.4) is 0 Å². The Morgan fingerprint density at radius 2 is 1.81 bits per heavy atom. The van der Waals surface area contributed by atoms with E-state index in [-0.39, 0.29) is 5.82 Å². The largest absolute Gasteiger partial charge is 0.490 e. The summed E-state index contributed by atoms with van der Waals surface area (Å²) in [7, 11) is 0. The van der Waals surface area contributed by atoms with E-state index in [2.05, 4.69) is 5.32 Å². The van der Waals surface area contributed by atoms with Crippen LogP contribution < -0.4 is 14.8 Å². The van der Waals surface area contributed by atoms with Crippen LogP contribution in [0.4, 0.5) is 10.1 Å². The van der Waals surface area contributed by atoms with E-state index in [9.17, 15) is 14.0 Å². The first-order chi connectivity index (χ1) is 13.1. The number of fused-ring (bicyclic) bond motifs is 1. The summed E-state index contributed by atoms with van der Waals surface area (Å²) in [4.78, 5) is 23.6. The van der Waals surface area contributed by atoms with Gasteiger partial charge in [0.25, 0.3) is 5.91 Å². The number of benzene rings is 2. The fourth-order valence-corrected chi connectivity index (χ4v) is 2.36. The van der Waals surface area contributed by atoms with Crippen LogP contribution in [0, 0.1) is 5.82 Å². The van der Waals surface area contributed by atoms with Crippen LogP contribution in [0.1, 0.15) is 12.0 Å². The Balaban J connectivity index is 1.48. The average Bonchev–Trinajstić information content (AvgIpc) is 2.91. The van der Waals surface area contributed by atoms with Crippen LogP contribution in [0.15, 0.2) is 48.5 Å². The zero-order chi connectivity index (χ0) is 19.1. The Morgan fingerprint density at radius 1 is 1.07 bits per heavy atom. The molecule has 140 valence electrons. The van der Waals surface area contributed by atoms with Gasteiger partial charge in [-0.2, -0.15) is 0 Å². The number of esters is 1. The monoisotopic (exact) mass is 371 g/mol. The van der Waals surface area contributed by atoms with Crippen molar-refractivity contribution in [3.63, 3.8) is 0 Å². The summed E-state index contributed by atoms with van der Waals surface area (Å²) in [5.74, 6) is -0.324. The zero-order valence-electron chi connectivity index (χ0n) is 14.4. The Labute approximate surface area is 155 Å². The summed E-state index contributed by atoms with van der Waals surface area (Å²) >= 11 is 0. The van der Waals surface area contributed by atoms with Crippen molar-refractivity contribution in [1.82, 2.24) is 0 Å². The van der Waals surface area contributed by atoms with Gasteiger partial charge in [0.05, 0.1) is 13.2 Å². The summed E-state index contributed by atoms with van der Waals surface area (Å²) in [6, 6.07) is 10.7. The average molecular weight is 371 g/mol. The molecule has 0 atom stereocenters. The maximum atomic E-state index is 12.8. The Hall–Kier alpha value is -3.35. The molecule has 0 aliphatic carbocycles. The number of rotatable bonds is 5. The number of anilines is 1. The second kappa shape index (κ2) is 8.84. The van der Waals surface area contributed by atoms with Gasteiger partial charge in [-0.05, 0) is 35.9 Å². The van der Waals surface area contributed by atoms with Crippen molar-refractivity contribution in [2.75, 3.05) is 25.1 Å². The van der Waals surface area contributed by atoms with Gasteiger partial charge >= 0.3 is 5.97 Å². The second-order valence-electron chi connectivity index (χ2n) is 5.75. The molecule has 1 heterocycles. The Kier molecular flexibility index (Phi) is 6.04. The number of hydrogen-bond acceptors (Lipinski definition) is 5. The van der Waals surface area contributed by atoms with Crippen molar-refractivity contribution in [3.8, 4) is 11.5 Å². The lowest BCUT2D eigenvalue weighted by Gasteiger charge is -2.10. The first-order valence-corrected chi connectivity index (χ1v) is 8.40. The van der Waals surface area contributed by atoms with Crippen LogP contribution in [-0.2, 0) is 14.3 Å². The first-order valence-electron chi connectivity index (χ1n) is 8.40. The highest BCUT2D eigenvalue weighted by Crippen LogP contribution is 2.32. The van der Waals surface area contributed by atoms with Gasteiger partial charge in [0.1, 0.15) is 5.82 Å². The fraction of sp³-hybridized carbons (Fsp3) is 0.200. The molecule has 1 N–H and O–H groups in total. The minimum atomic E-state index is -0.673. The van der Waals surface area contributed by atoms with Crippen LogP contribution >= 0.6 is 0 Å². The standard InChI is InChI=1S/C20H18FNO5/c21-15-5-2-14(3-6-15)4-9-20(24)27-13-19(23)22-16-7-8-17-18(12-16)26-11-1-10-25-17/h2-9,12H,1,10-11,13H2,(H,22,23)/b9-4+. The highest BCUT2D eigenvalue weighted by atomic mass is 19.1. The molecule has 0 bridgehead atoms.